The van der Waals surface area contributed by atoms with Crippen molar-refractivity contribution in [2.75, 3.05) is 32.5 Å². The Balaban J connectivity index is 1.11. The molecule has 2 N–H and O–H groups in total. The fourth-order valence-corrected chi connectivity index (χ4v) is 5.14. The van der Waals surface area contributed by atoms with Gasteiger partial charge in [-0.2, -0.15) is 0 Å². The van der Waals surface area contributed by atoms with E-state index in [2.05, 4.69) is 45.4 Å². The summed E-state index contributed by atoms with van der Waals surface area (Å²) < 4.78 is 33.9. The Morgan fingerprint density at radius 2 is 1.32 bits per heavy atom. The lowest BCUT2D eigenvalue weighted by molar-refractivity contribution is 0.0930. The first-order chi connectivity index (χ1) is 24.4. The van der Waals surface area contributed by atoms with Crippen LogP contribution in [0.15, 0.2) is 94.4 Å². The summed E-state index contributed by atoms with van der Waals surface area (Å²) in [6.45, 7) is 1.71. The molecule has 1 amide bonds. The lowest BCUT2D eigenvalue weighted by Gasteiger charge is -2.16. The normalized spacial score (nSPS) is 15.1. The van der Waals surface area contributed by atoms with Gasteiger partial charge in [0.15, 0.2) is 34.4 Å². The molecule has 7 heterocycles. The number of anilines is 1. The predicted molar refractivity (Wildman–Crippen MR) is 175 cm³/mol. The Morgan fingerprint density at radius 1 is 0.720 bits per heavy atom. The molecule has 6 aromatic heterocycles. The topological polar surface area (TPSA) is 201 Å². The third-order valence-corrected chi connectivity index (χ3v) is 7.71. The van der Waals surface area contributed by atoms with Crippen molar-refractivity contribution in [3.8, 4) is 46.3 Å². The second-order valence-corrected chi connectivity index (χ2v) is 11.7. The zero-order valence-corrected chi connectivity index (χ0v) is 26.8. The van der Waals surface area contributed by atoms with E-state index in [0.29, 0.717) is 47.4 Å². The molecular formula is C34H29N9O7. The van der Waals surface area contributed by atoms with Crippen LogP contribution in [0.5, 0.6) is 0 Å². The van der Waals surface area contributed by atoms with E-state index >= 15 is 0 Å². The second kappa shape index (κ2) is 13.2. The highest BCUT2D eigenvalue weighted by Gasteiger charge is 2.25. The number of fused-ring (bicyclic) bond motifs is 16. The summed E-state index contributed by atoms with van der Waals surface area (Å²) in [5.41, 5.74) is 3.83. The number of nitrogens with one attached hydrogen (secondary N) is 2. The lowest BCUT2D eigenvalue weighted by atomic mass is 10.0. The number of hydrogen-bond donors (Lipinski definition) is 2. The van der Waals surface area contributed by atoms with E-state index in [1.54, 1.807) is 12.2 Å². The number of rotatable bonds is 6. The minimum Gasteiger partial charge on any atom is -0.448 e. The number of hydrogen-bond acceptors (Lipinski definition) is 15. The van der Waals surface area contributed by atoms with Crippen LogP contribution in [0.3, 0.4) is 0 Å². The van der Waals surface area contributed by atoms with E-state index in [4.69, 9.17) is 26.5 Å². The van der Waals surface area contributed by atoms with Crippen LogP contribution < -0.4 is 10.6 Å². The Kier molecular flexibility index (Phi) is 8.10. The molecule has 1 unspecified atom stereocenters. The molecule has 252 valence electrons. The van der Waals surface area contributed by atoms with E-state index < -0.39 is 11.9 Å². The van der Waals surface area contributed by atoms with Crippen molar-refractivity contribution in [2.45, 2.75) is 18.9 Å². The van der Waals surface area contributed by atoms with E-state index in [-0.39, 0.29) is 35.0 Å². The van der Waals surface area contributed by atoms with Gasteiger partial charge in [-0.25, -0.2) is 29.9 Å². The molecule has 0 radical (unpaired) electrons. The monoisotopic (exact) mass is 675 g/mol. The minimum atomic E-state index is -0.615. The molecule has 12 bridgehead atoms. The molecular weight excluding hydrogens is 646 g/mol. The van der Waals surface area contributed by atoms with Gasteiger partial charge in [0, 0.05) is 25.2 Å². The lowest BCUT2D eigenvalue weighted by Crippen LogP contribution is -2.30. The zero-order valence-electron chi connectivity index (χ0n) is 26.8. The molecule has 16 heteroatoms. The van der Waals surface area contributed by atoms with E-state index in [9.17, 15) is 4.79 Å². The molecule has 0 saturated carbocycles. The van der Waals surface area contributed by atoms with Crippen molar-refractivity contribution in [1.29, 1.82) is 0 Å². The quantitative estimate of drug-likeness (QED) is 0.222. The summed E-state index contributed by atoms with van der Waals surface area (Å²) in [4.78, 5) is 42.5. The first-order valence-electron chi connectivity index (χ1n) is 15.6. The fraction of sp³-hybridized carbons (Fsp3) is 0.206. The molecule has 0 fully saturated rings. The van der Waals surface area contributed by atoms with Crippen LogP contribution in [0.1, 0.15) is 39.6 Å². The summed E-state index contributed by atoms with van der Waals surface area (Å²) in [5, 5.41) is 6.43. The Bertz CT molecular complexity index is 2270. The van der Waals surface area contributed by atoms with E-state index in [1.165, 1.54) is 37.6 Å². The highest BCUT2D eigenvalue weighted by Crippen LogP contribution is 2.28. The van der Waals surface area contributed by atoms with Crippen LogP contribution in [0, 0.1) is 0 Å². The highest BCUT2D eigenvalue weighted by molar-refractivity contribution is 5.92. The van der Waals surface area contributed by atoms with E-state index in [0.717, 1.165) is 24.3 Å². The molecule has 0 saturated heterocycles. The fourth-order valence-electron chi connectivity index (χ4n) is 5.14. The molecule has 1 atom stereocenters. The molecule has 1 aliphatic heterocycles. The summed E-state index contributed by atoms with van der Waals surface area (Å²) in [5.74, 6) is 0.954. The van der Waals surface area contributed by atoms with Gasteiger partial charge in [-0.3, -0.25) is 4.79 Å². The van der Waals surface area contributed by atoms with Crippen LogP contribution in [-0.4, -0.2) is 67.9 Å². The SMILES string of the molecule is CN(C)CCNc1ccc(CC2NC(=O)c3coc(n3)-c3coc(n3)-c3coc(n3)/C=C/Cc3nc(co3)-c3nc(co3)-c3nc2co3)cc1. The minimum absolute atomic E-state index is 0.0372. The molecule has 50 heavy (non-hydrogen) atoms. The van der Waals surface area contributed by atoms with Gasteiger partial charge in [0.25, 0.3) is 5.91 Å². The number of benzene rings is 1. The summed E-state index contributed by atoms with van der Waals surface area (Å²) in [6.07, 6.45) is 12.6. The Morgan fingerprint density at radius 3 is 2.06 bits per heavy atom. The van der Waals surface area contributed by atoms with Crippen molar-refractivity contribution < 1.29 is 31.3 Å². The maximum absolute atomic E-state index is 13.6. The smallest absolute Gasteiger partial charge is 0.273 e. The molecule has 1 aliphatic rings. The Labute approximate surface area is 283 Å². The van der Waals surface area contributed by atoms with Gasteiger partial charge in [-0.05, 0) is 44.3 Å². The number of oxazole rings is 6. The number of allylic oxidation sites excluding steroid dienone is 1. The zero-order chi connectivity index (χ0) is 34.0. The van der Waals surface area contributed by atoms with Crippen molar-refractivity contribution >= 4 is 17.7 Å². The highest BCUT2D eigenvalue weighted by atomic mass is 16.4. The maximum Gasteiger partial charge on any atom is 0.273 e. The third kappa shape index (κ3) is 6.59. The summed E-state index contributed by atoms with van der Waals surface area (Å²) >= 11 is 0. The van der Waals surface area contributed by atoms with Crippen LogP contribution in [0.4, 0.5) is 5.69 Å². The van der Waals surface area contributed by atoms with Gasteiger partial charge in [-0.1, -0.05) is 18.2 Å². The van der Waals surface area contributed by atoms with Crippen LogP contribution in [0.2, 0.25) is 0 Å². The van der Waals surface area contributed by atoms with Gasteiger partial charge in [0.2, 0.25) is 29.5 Å². The molecule has 16 nitrogen and oxygen atoms in total. The first kappa shape index (κ1) is 30.8. The van der Waals surface area contributed by atoms with Crippen LogP contribution in [0.25, 0.3) is 52.4 Å². The van der Waals surface area contributed by atoms with Gasteiger partial charge >= 0.3 is 0 Å². The predicted octanol–water partition coefficient (Wildman–Crippen LogP) is 5.54. The number of amides is 1. The standard InChI is InChI=1S/C34H29N9O7/c1-43(2)11-10-35-20-8-6-19(7-9-20)12-21-22-13-47-33(39-22)26-17-49-31(41-26)24-15-45-28(36-24)4-3-5-29-37-25(16-46-29)32-42-27(18-50-32)34-40-23(14-48-34)30(44)38-21/h3,5-9,13-18,21,35H,4,10-12H2,1-2H3,(H,38,44)/b5-3+. The van der Waals surface area contributed by atoms with Crippen molar-refractivity contribution in [2.24, 2.45) is 0 Å². The molecule has 1 aromatic carbocycles. The largest absolute Gasteiger partial charge is 0.448 e. The van der Waals surface area contributed by atoms with Crippen molar-refractivity contribution in [3.05, 3.63) is 96.7 Å². The molecule has 8 rings (SSSR count). The maximum atomic E-state index is 13.6. The van der Waals surface area contributed by atoms with Crippen molar-refractivity contribution in [3.63, 3.8) is 0 Å². The number of carbonyl (C=O) groups is 1. The average molecular weight is 676 g/mol. The van der Waals surface area contributed by atoms with Crippen LogP contribution in [-0.2, 0) is 12.8 Å². The summed E-state index contributed by atoms with van der Waals surface area (Å²) in [7, 11) is 4.06. The Hall–Kier alpha value is -6.55. The average Bonchev–Trinajstić information content (AvgIpc) is 3.96. The molecule has 0 aliphatic carbocycles. The van der Waals surface area contributed by atoms with Gasteiger partial charge in [-0.15, -0.1) is 0 Å². The number of likely N-dealkylation sites (N-methyl/N-ethyl adjacent to an activating group) is 1. The van der Waals surface area contributed by atoms with Gasteiger partial charge in [0.1, 0.15) is 43.3 Å². The van der Waals surface area contributed by atoms with Crippen LogP contribution >= 0.6 is 0 Å². The number of aromatic nitrogens is 6. The van der Waals surface area contributed by atoms with Gasteiger partial charge in [0.05, 0.1) is 6.04 Å². The van der Waals surface area contributed by atoms with E-state index in [1.807, 2.05) is 38.4 Å². The third-order valence-electron chi connectivity index (χ3n) is 7.71. The molecule has 0 spiro atoms. The number of nitrogens with zero attached hydrogens (tertiary/aromatic N) is 7. The molecule has 7 aromatic rings. The second-order valence-electron chi connectivity index (χ2n) is 11.7. The summed E-state index contributed by atoms with van der Waals surface area (Å²) in [6, 6.07) is 7.38. The first-order valence-corrected chi connectivity index (χ1v) is 15.6. The number of carbonyl (C=O) groups excluding carboxylic acids is 1. The van der Waals surface area contributed by atoms with Gasteiger partial charge < -0.3 is 42.0 Å². The van der Waals surface area contributed by atoms with Crippen molar-refractivity contribution in [1.82, 2.24) is 40.1 Å².